The first-order valence-electron chi connectivity index (χ1n) is 5.32. The largest absolute Gasteiger partial charge is 0.451 e. The van der Waals surface area contributed by atoms with Crippen LogP contribution in [0.1, 0.15) is 5.56 Å². The molecule has 0 N–H and O–H groups in total. The van der Waals surface area contributed by atoms with E-state index in [0.717, 1.165) is 18.2 Å². The van der Waals surface area contributed by atoms with Crippen LogP contribution in [0.25, 0.3) is 0 Å². The highest BCUT2D eigenvalue weighted by Gasteiger charge is 2.15. The number of nitro groups is 1. The number of non-ortho nitro benzene ring substituents is 1. The van der Waals surface area contributed by atoms with E-state index in [1.807, 2.05) is 0 Å². The molecule has 7 heteroatoms. The molecule has 0 saturated heterocycles. The molecule has 0 aliphatic carbocycles. The molecule has 2 aromatic rings. The summed E-state index contributed by atoms with van der Waals surface area (Å²) in [6.07, 6.45) is 0. The van der Waals surface area contributed by atoms with Crippen molar-refractivity contribution in [1.82, 2.24) is 0 Å². The molecule has 0 amide bonds. The minimum absolute atomic E-state index is 0.0818. The Kier molecular flexibility index (Phi) is 3.57. The first-order valence-corrected chi connectivity index (χ1v) is 5.32. The highest BCUT2D eigenvalue weighted by atomic mass is 19.1. The number of nitriles is 1. The molecule has 0 aromatic heterocycles. The van der Waals surface area contributed by atoms with Crippen molar-refractivity contribution in [1.29, 1.82) is 5.26 Å². The van der Waals surface area contributed by atoms with E-state index in [1.54, 1.807) is 6.07 Å². The normalized spacial score (nSPS) is 9.85. The third-order valence-corrected chi connectivity index (χ3v) is 2.38. The predicted octanol–water partition coefficient (Wildman–Crippen LogP) is 3.54. The van der Waals surface area contributed by atoms with Gasteiger partial charge in [0.15, 0.2) is 17.4 Å². The van der Waals surface area contributed by atoms with E-state index in [-0.39, 0.29) is 17.0 Å². The third-order valence-electron chi connectivity index (χ3n) is 2.38. The molecule has 0 spiro atoms. The van der Waals surface area contributed by atoms with Crippen LogP contribution in [0.3, 0.4) is 0 Å². The number of benzene rings is 2. The highest BCUT2D eigenvalue weighted by Crippen LogP contribution is 2.30. The molecule has 0 heterocycles. The lowest BCUT2D eigenvalue weighted by molar-refractivity contribution is -0.384. The maximum Gasteiger partial charge on any atom is 0.273 e. The summed E-state index contributed by atoms with van der Waals surface area (Å²) >= 11 is 0. The number of hydrogen-bond donors (Lipinski definition) is 0. The van der Waals surface area contributed by atoms with Crippen LogP contribution in [0.2, 0.25) is 0 Å². The van der Waals surface area contributed by atoms with Crippen molar-refractivity contribution in [2.75, 3.05) is 0 Å². The topological polar surface area (TPSA) is 76.2 Å². The molecule has 0 aliphatic rings. The van der Waals surface area contributed by atoms with E-state index in [4.69, 9.17) is 10.00 Å². The van der Waals surface area contributed by atoms with Gasteiger partial charge in [0.2, 0.25) is 0 Å². The Hall–Kier alpha value is -3.01. The smallest absolute Gasteiger partial charge is 0.273 e. The fraction of sp³-hybridized carbons (Fsp3) is 0. The maximum atomic E-state index is 13.6. The molecule has 0 atom stereocenters. The van der Waals surface area contributed by atoms with Gasteiger partial charge in [-0.1, -0.05) is 6.07 Å². The molecule has 20 heavy (non-hydrogen) atoms. The van der Waals surface area contributed by atoms with E-state index >= 15 is 0 Å². The van der Waals surface area contributed by atoms with Gasteiger partial charge in [0, 0.05) is 6.07 Å². The molecular weight excluding hydrogens is 270 g/mol. The lowest BCUT2D eigenvalue weighted by Gasteiger charge is -2.07. The van der Waals surface area contributed by atoms with Crippen LogP contribution in [0.15, 0.2) is 36.4 Å². The molecule has 0 unspecified atom stereocenters. The zero-order valence-electron chi connectivity index (χ0n) is 9.84. The van der Waals surface area contributed by atoms with Gasteiger partial charge in [-0.05, 0) is 18.2 Å². The molecule has 2 aromatic carbocycles. The van der Waals surface area contributed by atoms with Gasteiger partial charge in [0.25, 0.3) is 5.69 Å². The number of nitro benzene ring substituents is 1. The number of hydrogen-bond acceptors (Lipinski definition) is 4. The Morgan fingerprint density at radius 3 is 2.40 bits per heavy atom. The molecule has 2 rings (SSSR count). The van der Waals surface area contributed by atoms with Crippen LogP contribution in [-0.2, 0) is 0 Å². The SMILES string of the molecule is N#Cc1cc(F)c(Oc2cccc([N+](=O)[O-])c2)c(F)c1. The number of halogens is 2. The van der Waals surface area contributed by atoms with Crippen molar-refractivity contribution in [2.45, 2.75) is 0 Å². The molecular formula is C13H6F2N2O3. The predicted molar refractivity (Wildman–Crippen MR) is 64.2 cm³/mol. The van der Waals surface area contributed by atoms with Gasteiger partial charge < -0.3 is 4.74 Å². The Morgan fingerprint density at radius 1 is 1.20 bits per heavy atom. The van der Waals surface area contributed by atoms with Crippen molar-refractivity contribution in [2.24, 2.45) is 0 Å². The minimum atomic E-state index is -1.06. The minimum Gasteiger partial charge on any atom is -0.451 e. The molecule has 100 valence electrons. The second-order valence-corrected chi connectivity index (χ2v) is 3.74. The van der Waals surface area contributed by atoms with Crippen molar-refractivity contribution in [3.63, 3.8) is 0 Å². The Balaban J connectivity index is 2.38. The summed E-state index contributed by atoms with van der Waals surface area (Å²) in [4.78, 5) is 9.93. The van der Waals surface area contributed by atoms with Crippen LogP contribution < -0.4 is 4.74 Å². The van der Waals surface area contributed by atoms with E-state index in [1.165, 1.54) is 18.2 Å². The first kappa shape index (κ1) is 13.4. The number of nitrogens with zero attached hydrogens (tertiary/aromatic N) is 2. The molecule has 0 aliphatic heterocycles. The van der Waals surface area contributed by atoms with Gasteiger partial charge in [0.05, 0.1) is 22.6 Å². The molecule has 0 fully saturated rings. The Labute approximate surface area is 111 Å². The summed E-state index contributed by atoms with van der Waals surface area (Å²) in [5, 5.41) is 19.2. The summed E-state index contributed by atoms with van der Waals surface area (Å²) in [6.45, 7) is 0. The summed E-state index contributed by atoms with van der Waals surface area (Å²) in [6, 6.07) is 8.14. The molecule has 0 saturated carbocycles. The van der Waals surface area contributed by atoms with Gasteiger partial charge in [-0.3, -0.25) is 10.1 Å². The van der Waals surface area contributed by atoms with E-state index in [9.17, 15) is 18.9 Å². The zero-order valence-corrected chi connectivity index (χ0v) is 9.84. The van der Waals surface area contributed by atoms with Crippen LogP contribution >= 0.6 is 0 Å². The summed E-state index contributed by atoms with van der Waals surface area (Å²) in [5.74, 6) is -2.92. The Bertz CT molecular complexity index is 703. The zero-order chi connectivity index (χ0) is 14.7. The fourth-order valence-electron chi connectivity index (χ4n) is 1.50. The van der Waals surface area contributed by atoms with E-state index in [2.05, 4.69) is 0 Å². The quantitative estimate of drug-likeness (QED) is 0.634. The summed E-state index contributed by atoms with van der Waals surface area (Å²) in [7, 11) is 0. The van der Waals surface area contributed by atoms with Gasteiger partial charge in [0.1, 0.15) is 5.75 Å². The fourth-order valence-corrected chi connectivity index (χ4v) is 1.50. The maximum absolute atomic E-state index is 13.6. The lowest BCUT2D eigenvalue weighted by atomic mass is 10.2. The first-order chi connectivity index (χ1) is 9.51. The van der Waals surface area contributed by atoms with Crippen LogP contribution in [-0.4, -0.2) is 4.92 Å². The van der Waals surface area contributed by atoms with Crippen molar-refractivity contribution in [3.05, 3.63) is 63.7 Å². The second kappa shape index (κ2) is 5.32. The van der Waals surface area contributed by atoms with E-state index in [0.29, 0.717) is 0 Å². The van der Waals surface area contributed by atoms with Gasteiger partial charge in [-0.15, -0.1) is 0 Å². The van der Waals surface area contributed by atoms with Gasteiger partial charge in [-0.2, -0.15) is 5.26 Å². The van der Waals surface area contributed by atoms with Crippen molar-refractivity contribution in [3.8, 4) is 17.6 Å². The lowest BCUT2D eigenvalue weighted by Crippen LogP contribution is -1.95. The molecule has 0 bridgehead atoms. The standard InChI is InChI=1S/C13H6F2N2O3/c14-11-4-8(7-16)5-12(15)13(11)20-10-3-1-2-9(6-10)17(18)19/h1-6H. The van der Waals surface area contributed by atoms with Crippen LogP contribution in [0.4, 0.5) is 14.5 Å². The van der Waals surface area contributed by atoms with Crippen molar-refractivity contribution < 1.29 is 18.4 Å². The number of rotatable bonds is 3. The molecule has 0 radical (unpaired) electrons. The third kappa shape index (κ3) is 2.70. The average Bonchev–Trinajstić information content (AvgIpc) is 2.42. The monoisotopic (exact) mass is 276 g/mol. The second-order valence-electron chi connectivity index (χ2n) is 3.74. The Morgan fingerprint density at radius 2 is 1.85 bits per heavy atom. The number of ether oxygens (including phenoxy) is 1. The van der Waals surface area contributed by atoms with Crippen LogP contribution in [0.5, 0.6) is 11.5 Å². The van der Waals surface area contributed by atoms with Gasteiger partial charge >= 0.3 is 0 Å². The summed E-state index contributed by atoms with van der Waals surface area (Å²) < 4.78 is 32.2. The average molecular weight is 276 g/mol. The van der Waals surface area contributed by atoms with Gasteiger partial charge in [-0.25, -0.2) is 8.78 Å². The highest BCUT2D eigenvalue weighted by molar-refractivity contribution is 5.43. The molecule has 5 nitrogen and oxygen atoms in total. The summed E-state index contributed by atoms with van der Waals surface area (Å²) in [5.41, 5.74) is -0.455. The van der Waals surface area contributed by atoms with Crippen molar-refractivity contribution >= 4 is 5.69 Å². The van der Waals surface area contributed by atoms with E-state index < -0.39 is 22.3 Å². The van der Waals surface area contributed by atoms with Crippen LogP contribution in [0, 0.1) is 33.1 Å².